The molecule has 0 saturated carbocycles. The lowest BCUT2D eigenvalue weighted by Crippen LogP contribution is -2.53. The monoisotopic (exact) mass is 402 g/mol. The van der Waals surface area contributed by atoms with Gasteiger partial charge in [-0.15, -0.1) is 0 Å². The third kappa shape index (κ3) is 5.62. The molecule has 2 heterocycles. The number of ether oxygens (including phenoxy) is 1. The van der Waals surface area contributed by atoms with Gasteiger partial charge in [-0.05, 0) is 37.3 Å². The number of likely N-dealkylation sites (tertiary alicyclic amines) is 1. The molecule has 8 nitrogen and oxygen atoms in total. The van der Waals surface area contributed by atoms with Crippen molar-refractivity contribution in [3.63, 3.8) is 0 Å². The maximum atomic E-state index is 12.9. The Hall–Kier alpha value is -2.77. The van der Waals surface area contributed by atoms with Gasteiger partial charge in [0.15, 0.2) is 6.10 Å². The van der Waals surface area contributed by atoms with E-state index in [4.69, 9.17) is 4.74 Å². The van der Waals surface area contributed by atoms with Crippen LogP contribution in [0.25, 0.3) is 0 Å². The molecule has 4 amide bonds. The average molecular weight is 402 g/mol. The summed E-state index contributed by atoms with van der Waals surface area (Å²) in [6.07, 6.45) is 2.49. The Kier molecular flexibility index (Phi) is 6.95. The van der Waals surface area contributed by atoms with E-state index >= 15 is 0 Å². The van der Waals surface area contributed by atoms with Crippen LogP contribution in [-0.4, -0.2) is 61.6 Å². The molecule has 1 fully saturated rings. The van der Waals surface area contributed by atoms with Crippen LogP contribution < -0.4 is 20.3 Å². The molecule has 1 atom stereocenters. The second kappa shape index (κ2) is 9.62. The Morgan fingerprint density at radius 2 is 1.86 bits per heavy atom. The molecular formula is C21H30N4O4. The van der Waals surface area contributed by atoms with E-state index in [1.165, 1.54) is 0 Å². The largest absolute Gasteiger partial charge is 0.477 e. The van der Waals surface area contributed by atoms with Crippen molar-refractivity contribution < 1.29 is 19.1 Å². The van der Waals surface area contributed by atoms with E-state index in [1.807, 2.05) is 36.9 Å². The van der Waals surface area contributed by atoms with E-state index in [-0.39, 0.29) is 19.0 Å². The lowest BCUT2D eigenvalue weighted by atomic mass is 10.1. The van der Waals surface area contributed by atoms with E-state index < -0.39 is 18.0 Å². The Balaban J connectivity index is 1.65. The number of carbonyl (C=O) groups excluding carboxylic acids is 3. The number of amides is 4. The molecule has 2 aliphatic rings. The van der Waals surface area contributed by atoms with Crippen LogP contribution in [0.5, 0.6) is 5.75 Å². The van der Waals surface area contributed by atoms with Gasteiger partial charge in [-0.1, -0.05) is 26.0 Å². The Labute approximate surface area is 171 Å². The van der Waals surface area contributed by atoms with Gasteiger partial charge < -0.3 is 19.9 Å². The van der Waals surface area contributed by atoms with Gasteiger partial charge in [0, 0.05) is 19.6 Å². The van der Waals surface area contributed by atoms with Crippen LogP contribution in [0, 0.1) is 5.92 Å². The van der Waals surface area contributed by atoms with E-state index in [1.54, 1.807) is 11.0 Å². The highest BCUT2D eigenvalue weighted by Crippen LogP contribution is 2.33. The Bertz CT molecular complexity index is 746. The number of benzene rings is 1. The lowest BCUT2D eigenvalue weighted by Gasteiger charge is -2.38. The maximum absolute atomic E-state index is 12.9. The minimum Gasteiger partial charge on any atom is -0.477 e. The molecule has 158 valence electrons. The number of hydrogen-bond donors (Lipinski definition) is 2. The highest BCUT2D eigenvalue weighted by Gasteiger charge is 2.34. The molecule has 3 rings (SSSR count). The zero-order valence-electron chi connectivity index (χ0n) is 17.1. The summed E-state index contributed by atoms with van der Waals surface area (Å²) >= 11 is 0. The van der Waals surface area contributed by atoms with Crippen molar-refractivity contribution >= 4 is 23.5 Å². The Morgan fingerprint density at radius 3 is 2.59 bits per heavy atom. The number of piperidine rings is 1. The van der Waals surface area contributed by atoms with Crippen molar-refractivity contribution in [1.29, 1.82) is 0 Å². The Morgan fingerprint density at radius 1 is 1.14 bits per heavy atom. The minimum atomic E-state index is -0.662. The predicted molar refractivity (Wildman–Crippen MR) is 110 cm³/mol. The molecular weight excluding hydrogens is 372 g/mol. The first-order valence-electron chi connectivity index (χ1n) is 10.3. The van der Waals surface area contributed by atoms with E-state index in [0.717, 1.165) is 38.0 Å². The number of nitrogens with one attached hydrogen (secondary N) is 2. The smallest absolute Gasteiger partial charge is 0.321 e. The SMILES string of the molecule is CC(C)CNC(=O)NC(=O)CN1C[C@@H](C(=O)N2CCCCC2)Oc2ccccc21. The van der Waals surface area contributed by atoms with E-state index in [2.05, 4.69) is 10.6 Å². The summed E-state index contributed by atoms with van der Waals surface area (Å²) in [6, 6.07) is 6.83. The van der Waals surface area contributed by atoms with Crippen LogP contribution in [0.1, 0.15) is 33.1 Å². The van der Waals surface area contributed by atoms with E-state index in [0.29, 0.717) is 18.2 Å². The average Bonchev–Trinajstić information content (AvgIpc) is 2.72. The first kappa shape index (κ1) is 21.0. The number of hydrogen-bond acceptors (Lipinski definition) is 5. The first-order chi connectivity index (χ1) is 13.9. The number of fused-ring (bicyclic) bond motifs is 1. The molecule has 0 aromatic heterocycles. The zero-order valence-corrected chi connectivity index (χ0v) is 17.1. The van der Waals surface area contributed by atoms with Crippen LogP contribution in [0.2, 0.25) is 0 Å². The summed E-state index contributed by atoms with van der Waals surface area (Å²) in [6.45, 7) is 6.19. The van der Waals surface area contributed by atoms with Gasteiger partial charge >= 0.3 is 6.03 Å². The van der Waals surface area contributed by atoms with Crippen molar-refractivity contribution in [3.05, 3.63) is 24.3 Å². The highest BCUT2D eigenvalue weighted by molar-refractivity contribution is 5.97. The number of anilines is 1. The zero-order chi connectivity index (χ0) is 20.8. The van der Waals surface area contributed by atoms with Gasteiger partial charge in [-0.25, -0.2) is 4.79 Å². The summed E-state index contributed by atoms with van der Waals surface area (Å²) in [5.74, 6) is 0.404. The lowest BCUT2D eigenvalue weighted by molar-refractivity contribution is -0.139. The fraction of sp³-hybridized carbons (Fsp3) is 0.571. The standard InChI is InChI=1S/C21H30N4O4/c1-15(2)12-22-21(28)23-19(26)14-25-13-18(20(27)24-10-6-3-7-11-24)29-17-9-5-4-8-16(17)25/h4-5,8-9,15,18H,3,6-7,10-14H2,1-2H3,(H2,22,23,26,28)/t18-/m0/s1. The van der Waals surface area contributed by atoms with Gasteiger partial charge in [0.1, 0.15) is 5.75 Å². The molecule has 29 heavy (non-hydrogen) atoms. The third-order valence-electron chi connectivity index (χ3n) is 5.06. The quantitative estimate of drug-likeness (QED) is 0.783. The fourth-order valence-corrected chi connectivity index (χ4v) is 3.58. The number of urea groups is 1. The number of carbonyl (C=O) groups is 3. The molecule has 8 heteroatoms. The number of nitrogens with zero attached hydrogens (tertiary/aromatic N) is 2. The third-order valence-corrected chi connectivity index (χ3v) is 5.06. The van der Waals surface area contributed by atoms with Crippen molar-refractivity contribution in [3.8, 4) is 5.75 Å². The normalized spacial score (nSPS) is 18.7. The van der Waals surface area contributed by atoms with Crippen molar-refractivity contribution in [2.75, 3.05) is 37.6 Å². The van der Waals surface area contributed by atoms with Crippen molar-refractivity contribution in [2.24, 2.45) is 5.92 Å². The van der Waals surface area contributed by atoms with Crippen LogP contribution >= 0.6 is 0 Å². The molecule has 1 aromatic rings. The molecule has 0 bridgehead atoms. The van der Waals surface area contributed by atoms with Crippen LogP contribution in [0.15, 0.2) is 24.3 Å². The van der Waals surface area contributed by atoms with Gasteiger partial charge in [-0.3, -0.25) is 14.9 Å². The highest BCUT2D eigenvalue weighted by atomic mass is 16.5. The predicted octanol–water partition coefficient (Wildman–Crippen LogP) is 1.75. The topological polar surface area (TPSA) is 91.0 Å². The minimum absolute atomic E-state index is 0.0285. The maximum Gasteiger partial charge on any atom is 0.321 e. The van der Waals surface area contributed by atoms with Gasteiger partial charge in [0.25, 0.3) is 5.91 Å². The molecule has 0 radical (unpaired) electrons. The molecule has 1 saturated heterocycles. The summed E-state index contributed by atoms with van der Waals surface area (Å²) in [5.41, 5.74) is 0.743. The van der Waals surface area contributed by atoms with Gasteiger partial charge in [0.2, 0.25) is 5.91 Å². The molecule has 2 N–H and O–H groups in total. The number of imide groups is 1. The van der Waals surface area contributed by atoms with Gasteiger partial charge in [-0.2, -0.15) is 0 Å². The summed E-state index contributed by atoms with van der Waals surface area (Å²) in [5, 5.41) is 5.02. The van der Waals surface area contributed by atoms with Gasteiger partial charge in [0.05, 0.1) is 18.8 Å². The second-order valence-electron chi connectivity index (χ2n) is 7.99. The van der Waals surface area contributed by atoms with Crippen LogP contribution in [0.3, 0.4) is 0 Å². The van der Waals surface area contributed by atoms with Crippen LogP contribution in [-0.2, 0) is 9.59 Å². The summed E-state index contributed by atoms with van der Waals surface area (Å²) in [4.78, 5) is 40.9. The summed E-state index contributed by atoms with van der Waals surface area (Å²) in [7, 11) is 0. The first-order valence-corrected chi connectivity index (χ1v) is 10.3. The van der Waals surface area contributed by atoms with Crippen LogP contribution in [0.4, 0.5) is 10.5 Å². The molecule has 0 aliphatic carbocycles. The number of rotatable bonds is 5. The molecule has 0 unspecified atom stereocenters. The van der Waals surface area contributed by atoms with Crippen molar-refractivity contribution in [2.45, 2.75) is 39.2 Å². The van der Waals surface area contributed by atoms with E-state index in [9.17, 15) is 14.4 Å². The second-order valence-corrected chi connectivity index (χ2v) is 7.99. The molecule has 2 aliphatic heterocycles. The molecule has 0 spiro atoms. The fourth-order valence-electron chi connectivity index (χ4n) is 3.58. The summed E-state index contributed by atoms with van der Waals surface area (Å²) < 4.78 is 5.96. The number of para-hydroxylation sites is 2. The van der Waals surface area contributed by atoms with Crippen molar-refractivity contribution in [1.82, 2.24) is 15.5 Å². The molecule has 1 aromatic carbocycles.